The summed E-state index contributed by atoms with van der Waals surface area (Å²) in [4.78, 5) is 8.72. The Morgan fingerprint density at radius 3 is 2.62 bits per heavy atom. The number of aromatic nitrogens is 2. The lowest BCUT2D eigenvalue weighted by Crippen LogP contribution is -2.21. The first-order valence-electron chi connectivity index (χ1n) is 7.53. The lowest BCUT2D eigenvalue weighted by Gasteiger charge is -2.13. The molecule has 0 aliphatic carbocycles. The molecule has 2 heterocycles. The first kappa shape index (κ1) is 16.2. The van der Waals surface area contributed by atoms with Gasteiger partial charge in [0.05, 0.1) is 23.1 Å². The largest absolute Gasteiger partial charge is 0.366 e. The SMILES string of the molecule is Cc1cc(NC2CCS(=O)(=O)C2)nc(Nc2ccc(C#N)cc2)n1. The topological polar surface area (TPSA) is 108 Å². The van der Waals surface area contributed by atoms with E-state index in [0.717, 1.165) is 11.4 Å². The van der Waals surface area contributed by atoms with Crippen LogP contribution in [0.1, 0.15) is 17.7 Å². The second-order valence-corrected chi connectivity index (χ2v) is 8.01. The van der Waals surface area contributed by atoms with Crippen molar-refractivity contribution in [3.63, 3.8) is 0 Å². The van der Waals surface area contributed by atoms with Crippen LogP contribution >= 0.6 is 0 Å². The van der Waals surface area contributed by atoms with Gasteiger partial charge in [-0.25, -0.2) is 13.4 Å². The number of hydrogen-bond donors (Lipinski definition) is 2. The average Bonchev–Trinajstić information content (AvgIpc) is 2.86. The number of nitrogens with one attached hydrogen (secondary N) is 2. The minimum Gasteiger partial charge on any atom is -0.366 e. The highest BCUT2D eigenvalue weighted by Crippen LogP contribution is 2.19. The average molecular weight is 343 g/mol. The number of anilines is 3. The van der Waals surface area contributed by atoms with Crippen molar-refractivity contribution in [3.8, 4) is 6.07 Å². The van der Waals surface area contributed by atoms with Crippen molar-refractivity contribution >= 4 is 27.3 Å². The molecule has 1 aromatic heterocycles. The van der Waals surface area contributed by atoms with Gasteiger partial charge in [-0.2, -0.15) is 10.2 Å². The second kappa shape index (κ2) is 6.45. The predicted molar refractivity (Wildman–Crippen MR) is 91.9 cm³/mol. The van der Waals surface area contributed by atoms with Gasteiger partial charge in [0, 0.05) is 23.5 Å². The highest BCUT2D eigenvalue weighted by atomic mass is 32.2. The molecule has 3 rings (SSSR count). The van der Waals surface area contributed by atoms with Crippen LogP contribution in [-0.4, -0.2) is 35.9 Å². The van der Waals surface area contributed by atoms with E-state index in [2.05, 4.69) is 26.7 Å². The van der Waals surface area contributed by atoms with Gasteiger partial charge in [0.25, 0.3) is 0 Å². The first-order valence-corrected chi connectivity index (χ1v) is 9.35. The fourth-order valence-electron chi connectivity index (χ4n) is 2.57. The van der Waals surface area contributed by atoms with E-state index in [9.17, 15) is 8.42 Å². The van der Waals surface area contributed by atoms with Crippen molar-refractivity contribution in [1.29, 1.82) is 5.26 Å². The van der Waals surface area contributed by atoms with E-state index in [0.29, 0.717) is 23.8 Å². The summed E-state index contributed by atoms with van der Waals surface area (Å²) in [5, 5.41) is 15.1. The third kappa shape index (κ3) is 4.00. The Kier molecular flexibility index (Phi) is 4.36. The number of aryl methyl sites for hydroxylation is 1. The molecule has 2 N–H and O–H groups in total. The molecule has 0 saturated carbocycles. The standard InChI is InChI=1S/C16H17N5O2S/c1-11-8-15(19-14-6-7-24(22,23)10-14)21-16(18-11)20-13-4-2-12(9-17)3-5-13/h2-5,8,14H,6-7,10H2,1H3,(H2,18,19,20,21). The second-order valence-electron chi connectivity index (χ2n) is 5.78. The van der Waals surface area contributed by atoms with Crippen molar-refractivity contribution in [3.05, 3.63) is 41.6 Å². The maximum absolute atomic E-state index is 11.6. The van der Waals surface area contributed by atoms with Gasteiger partial charge in [0.15, 0.2) is 9.84 Å². The predicted octanol–water partition coefficient (Wildman–Crippen LogP) is 2.00. The minimum atomic E-state index is -2.94. The smallest absolute Gasteiger partial charge is 0.229 e. The van der Waals surface area contributed by atoms with Crippen LogP contribution in [0.2, 0.25) is 0 Å². The van der Waals surface area contributed by atoms with Crippen LogP contribution in [-0.2, 0) is 9.84 Å². The van der Waals surface area contributed by atoms with E-state index in [1.165, 1.54) is 0 Å². The Labute approximate surface area is 140 Å². The zero-order chi connectivity index (χ0) is 17.2. The van der Waals surface area contributed by atoms with Crippen molar-refractivity contribution in [2.24, 2.45) is 0 Å². The molecule has 1 fully saturated rings. The van der Waals surface area contributed by atoms with E-state index < -0.39 is 9.84 Å². The highest BCUT2D eigenvalue weighted by Gasteiger charge is 2.28. The molecule has 8 heteroatoms. The zero-order valence-electron chi connectivity index (χ0n) is 13.2. The Morgan fingerprint density at radius 2 is 2.00 bits per heavy atom. The summed E-state index contributed by atoms with van der Waals surface area (Å²) < 4.78 is 23.1. The molecule has 1 aromatic carbocycles. The maximum Gasteiger partial charge on any atom is 0.229 e. The molecule has 24 heavy (non-hydrogen) atoms. The first-order chi connectivity index (χ1) is 11.4. The van der Waals surface area contributed by atoms with Crippen LogP contribution in [0, 0.1) is 18.3 Å². The molecule has 0 amide bonds. The number of benzene rings is 1. The monoisotopic (exact) mass is 343 g/mol. The molecule has 0 spiro atoms. The Morgan fingerprint density at radius 1 is 1.25 bits per heavy atom. The molecule has 0 radical (unpaired) electrons. The normalized spacial score (nSPS) is 18.8. The van der Waals surface area contributed by atoms with Gasteiger partial charge in [0.2, 0.25) is 5.95 Å². The molecule has 1 aliphatic heterocycles. The summed E-state index contributed by atoms with van der Waals surface area (Å²) in [7, 11) is -2.94. The zero-order valence-corrected chi connectivity index (χ0v) is 14.0. The van der Waals surface area contributed by atoms with E-state index in [-0.39, 0.29) is 17.5 Å². The third-order valence-electron chi connectivity index (χ3n) is 3.71. The molecular formula is C16H17N5O2S. The fraction of sp³-hybridized carbons (Fsp3) is 0.312. The van der Waals surface area contributed by atoms with Gasteiger partial charge in [-0.1, -0.05) is 0 Å². The molecule has 1 atom stereocenters. The Bertz CT molecular complexity index is 888. The van der Waals surface area contributed by atoms with Gasteiger partial charge in [0.1, 0.15) is 5.82 Å². The molecular weight excluding hydrogens is 326 g/mol. The number of rotatable bonds is 4. The summed E-state index contributed by atoms with van der Waals surface area (Å²) in [6.07, 6.45) is 0.587. The number of sulfone groups is 1. The van der Waals surface area contributed by atoms with Gasteiger partial charge in [-0.3, -0.25) is 0 Å². The molecule has 1 saturated heterocycles. The molecule has 1 aliphatic rings. The van der Waals surface area contributed by atoms with Crippen LogP contribution in [0.3, 0.4) is 0 Å². The maximum atomic E-state index is 11.6. The van der Waals surface area contributed by atoms with Crippen molar-refractivity contribution in [1.82, 2.24) is 9.97 Å². The number of hydrogen-bond acceptors (Lipinski definition) is 7. The van der Waals surface area contributed by atoms with Gasteiger partial charge < -0.3 is 10.6 Å². The number of nitrogens with zero attached hydrogens (tertiary/aromatic N) is 3. The summed E-state index contributed by atoms with van der Waals surface area (Å²) in [6, 6.07) is 10.7. The van der Waals surface area contributed by atoms with Crippen molar-refractivity contribution < 1.29 is 8.42 Å². The van der Waals surface area contributed by atoms with Crippen LogP contribution in [0.4, 0.5) is 17.5 Å². The highest BCUT2D eigenvalue weighted by molar-refractivity contribution is 7.91. The molecule has 1 unspecified atom stereocenters. The lowest BCUT2D eigenvalue weighted by atomic mass is 10.2. The molecule has 0 bridgehead atoms. The Balaban J connectivity index is 1.75. The van der Waals surface area contributed by atoms with Crippen molar-refractivity contribution in [2.75, 3.05) is 22.1 Å². The van der Waals surface area contributed by atoms with Crippen LogP contribution in [0.5, 0.6) is 0 Å². The lowest BCUT2D eigenvalue weighted by molar-refractivity contribution is 0.602. The van der Waals surface area contributed by atoms with E-state index in [1.807, 2.05) is 6.92 Å². The van der Waals surface area contributed by atoms with E-state index >= 15 is 0 Å². The van der Waals surface area contributed by atoms with Crippen LogP contribution in [0.15, 0.2) is 30.3 Å². The summed E-state index contributed by atoms with van der Waals surface area (Å²) in [6.45, 7) is 1.85. The van der Waals surface area contributed by atoms with Crippen LogP contribution in [0.25, 0.3) is 0 Å². The van der Waals surface area contributed by atoms with E-state index in [4.69, 9.17) is 5.26 Å². The third-order valence-corrected chi connectivity index (χ3v) is 5.48. The Hall–Kier alpha value is -2.66. The fourth-order valence-corrected chi connectivity index (χ4v) is 4.25. The summed E-state index contributed by atoms with van der Waals surface area (Å²) in [5.41, 5.74) is 2.12. The molecule has 7 nitrogen and oxygen atoms in total. The van der Waals surface area contributed by atoms with Crippen molar-refractivity contribution in [2.45, 2.75) is 19.4 Å². The molecule has 124 valence electrons. The minimum absolute atomic E-state index is 0.118. The van der Waals surface area contributed by atoms with E-state index in [1.54, 1.807) is 30.3 Å². The summed E-state index contributed by atoms with van der Waals surface area (Å²) in [5.74, 6) is 1.36. The number of nitriles is 1. The summed E-state index contributed by atoms with van der Waals surface area (Å²) >= 11 is 0. The molecule has 2 aromatic rings. The quantitative estimate of drug-likeness (QED) is 0.874. The van der Waals surface area contributed by atoms with Crippen LogP contribution < -0.4 is 10.6 Å². The van der Waals surface area contributed by atoms with Gasteiger partial charge >= 0.3 is 0 Å². The van der Waals surface area contributed by atoms with Gasteiger partial charge in [-0.05, 0) is 37.6 Å². The van der Waals surface area contributed by atoms with Gasteiger partial charge in [-0.15, -0.1) is 0 Å².